The van der Waals surface area contributed by atoms with E-state index in [1.54, 1.807) is 13.0 Å². The maximum atomic E-state index is 12.4. The molecule has 1 aliphatic rings. The first-order chi connectivity index (χ1) is 11.6. The third-order valence-corrected chi connectivity index (χ3v) is 6.24. The van der Waals surface area contributed by atoms with Crippen molar-refractivity contribution in [3.8, 4) is 0 Å². The second-order valence-electron chi connectivity index (χ2n) is 6.21. The summed E-state index contributed by atoms with van der Waals surface area (Å²) in [6.45, 7) is 2.30. The molecular weight excluding hydrogens is 348 g/mol. The first kappa shape index (κ1) is 19.3. The number of piperidine rings is 1. The number of aryl methyl sites for hydroxylation is 1. The number of nitrogens with one attached hydrogen (secondary N) is 1. The second kappa shape index (κ2) is 7.46. The van der Waals surface area contributed by atoms with Crippen LogP contribution in [0.5, 0.6) is 0 Å². The van der Waals surface area contributed by atoms with Gasteiger partial charge in [-0.1, -0.05) is 6.07 Å². The van der Waals surface area contributed by atoms with E-state index in [0.29, 0.717) is 18.5 Å². The van der Waals surface area contributed by atoms with Crippen molar-refractivity contribution in [2.24, 2.45) is 5.92 Å². The highest BCUT2D eigenvalue weighted by molar-refractivity contribution is 7.86. The number of hydrogen-bond acceptors (Lipinski definition) is 5. The van der Waals surface area contributed by atoms with E-state index in [1.807, 2.05) is 0 Å². The molecule has 1 fully saturated rings. The van der Waals surface area contributed by atoms with Gasteiger partial charge in [0.05, 0.1) is 10.6 Å². The Kier molecular flexibility index (Phi) is 5.76. The third-order valence-electron chi connectivity index (χ3n) is 4.30. The summed E-state index contributed by atoms with van der Waals surface area (Å²) in [5.41, 5.74) is 1.04. The van der Waals surface area contributed by atoms with Crippen molar-refractivity contribution < 1.29 is 18.1 Å². The minimum atomic E-state index is -3.47. The van der Waals surface area contributed by atoms with E-state index in [2.05, 4.69) is 5.32 Å². The molecule has 138 valence electrons. The number of nitro groups is 1. The van der Waals surface area contributed by atoms with Crippen LogP contribution in [0.4, 0.5) is 11.4 Å². The zero-order chi connectivity index (χ0) is 18.8. The number of hydrogen-bond donors (Lipinski definition) is 1. The topological polar surface area (TPSA) is 113 Å². The molecule has 2 rings (SSSR count). The second-order valence-corrected chi connectivity index (χ2v) is 8.35. The maximum absolute atomic E-state index is 12.4. The highest BCUT2D eigenvalue weighted by Crippen LogP contribution is 2.25. The summed E-state index contributed by atoms with van der Waals surface area (Å²) in [6.07, 6.45) is 0.819. The van der Waals surface area contributed by atoms with Gasteiger partial charge in [-0.25, -0.2) is 0 Å². The van der Waals surface area contributed by atoms with Crippen molar-refractivity contribution in [2.75, 3.05) is 32.5 Å². The average molecular weight is 370 g/mol. The molecule has 25 heavy (non-hydrogen) atoms. The van der Waals surface area contributed by atoms with E-state index in [0.717, 1.165) is 9.87 Å². The van der Waals surface area contributed by atoms with E-state index < -0.39 is 15.1 Å². The molecule has 1 heterocycles. The smallest absolute Gasteiger partial charge is 0.281 e. The number of carbonyl (C=O) groups excluding carboxylic acids is 1. The van der Waals surface area contributed by atoms with Crippen LogP contribution in [-0.2, 0) is 15.0 Å². The van der Waals surface area contributed by atoms with Crippen LogP contribution in [0.25, 0.3) is 0 Å². The molecule has 1 aliphatic heterocycles. The highest BCUT2D eigenvalue weighted by atomic mass is 32.2. The van der Waals surface area contributed by atoms with Crippen LogP contribution < -0.4 is 5.32 Å². The van der Waals surface area contributed by atoms with Gasteiger partial charge in [0.25, 0.3) is 15.9 Å². The van der Waals surface area contributed by atoms with Gasteiger partial charge in [0, 0.05) is 45.2 Å². The van der Waals surface area contributed by atoms with Gasteiger partial charge in [-0.05, 0) is 25.3 Å². The molecule has 0 aromatic heterocycles. The zero-order valence-electron chi connectivity index (χ0n) is 14.4. The normalized spacial score (nSPS) is 16.8. The van der Waals surface area contributed by atoms with Crippen LogP contribution in [0.15, 0.2) is 18.2 Å². The largest absolute Gasteiger partial charge is 0.325 e. The van der Waals surface area contributed by atoms with Crippen molar-refractivity contribution in [1.29, 1.82) is 0 Å². The predicted molar refractivity (Wildman–Crippen MR) is 93.4 cm³/mol. The Morgan fingerprint density at radius 3 is 2.44 bits per heavy atom. The van der Waals surface area contributed by atoms with Gasteiger partial charge in [0.1, 0.15) is 0 Å². The number of non-ortho nitro benzene ring substituents is 1. The van der Waals surface area contributed by atoms with Crippen molar-refractivity contribution in [1.82, 2.24) is 8.61 Å². The van der Waals surface area contributed by atoms with Crippen LogP contribution in [0, 0.1) is 23.0 Å². The molecule has 1 N–H and O–H groups in total. The Morgan fingerprint density at radius 2 is 1.92 bits per heavy atom. The minimum Gasteiger partial charge on any atom is -0.325 e. The minimum absolute atomic E-state index is 0.0900. The monoisotopic (exact) mass is 370 g/mol. The highest BCUT2D eigenvalue weighted by Gasteiger charge is 2.32. The number of anilines is 1. The molecule has 0 atom stereocenters. The fraction of sp³-hybridized carbons (Fsp3) is 0.533. The molecule has 1 amide bonds. The molecule has 10 heteroatoms. The fourth-order valence-corrected chi connectivity index (χ4v) is 3.81. The zero-order valence-corrected chi connectivity index (χ0v) is 15.2. The molecule has 0 radical (unpaired) electrons. The summed E-state index contributed by atoms with van der Waals surface area (Å²) >= 11 is 0. The molecule has 0 bridgehead atoms. The maximum Gasteiger partial charge on any atom is 0.281 e. The van der Waals surface area contributed by atoms with Crippen molar-refractivity contribution in [3.63, 3.8) is 0 Å². The summed E-state index contributed by atoms with van der Waals surface area (Å²) in [7, 11) is -0.527. The lowest BCUT2D eigenvalue weighted by atomic mass is 9.97. The van der Waals surface area contributed by atoms with Gasteiger partial charge in [-0.2, -0.15) is 17.0 Å². The van der Waals surface area contributed by atoms with Crippen LogP contribution >= 0.6 is 0 Å². The molecule has 0 aliphatic carbocycles. The van der Waals surface area contributed by atoms with Gasteiger partial charge < -0.3 is 5.32 Å². The Labute approximate surface area is 146 Å². The number of amides is 1. The number of nitrogens with zero attached hydrogens (tertiary/aromatic N) is 3. The van der Waals surface area contributed by atoms with E-state index in [1.165, 1.54) is 30.5 Å². The van der Waals surface area contributed by atoms with E-state index >= 15 is 0 Å². The van der Waals surface area contributed by atoms with Crippen molar-refractivity contribution in [3.05, 3.63) is 33.9 Å². The summed E-state index contributed by atoms with van der Waals surface area (Å²) in [4.78, 5) is 22.8. The Morgan fingerprint density at radius 1 is 1.32 bits per heavy atom. The number of benzene rings is 1. The number of nitro benzene ring substituents is 1. The average Bonchev–Trinajstić information content (AvgIpc) is 2.56. The standard InChI is InChI=1S/C15H22N4O5S/c1-11-4-5-13(19(21)22)10-14(11)16-15(20)12-6-8-18(9-7-12)25(23,24)17(2)3/h4-5,10,12H,6-9H2,1-3H3,(H,16,20). The van der Waals surface area contributed by atoms with Crippen LogP contribution in [0.1, 0.15) is 18.4 Å². The van der Waals surface area contributed by atoms with Crippen molar-refractivity contribution >= 4 is 27.5 Å². The van der Waals surface area contributed by atoms with Gasteiger partial charge in [-0.3, -0.25) is 14.9 Å². The van der Waals surface area contributed by atoms with Gasteiger partial charge in [0.2, 0.25) is 5.91 Å². The van der Waals surface area contributed by atoms with Crippen LogP contribution in [0.3, 0.4) is 0 Å². The lowest BCUT2D eigenvalue weighted by molar-refractivity contribution is -0.384. The molecule has 0 saturated carbocycles. The summed E-state index contributed by atoms with van der Waals surface area (Å²) in [6, 6.07) is 4.30. The Hall–Kier alpha value is -2.04. The summed E-state index contributed by atoms with van der Waals surface area (Å²) in [5.74, 6) is -0.572. The number of rotatable bonds is 5. The first-order valence-electron chi connectivity index (χ1n) is 7.86. The fourth-order valence-electron chi connectivity index (χ4n) is 2.67. The third kappa shape index (κ3) is 4.33. The molecule has 0 unspecified atom stereocenters. The van der Waals surface area contributed by atoms with E-state index in [4.69, 9.17) is 0 Å². The molecule has 0 spiro atoms. The Balaban J connectivity index is 2.02. The van der Waals surface area contributed by atoms with Gasteiger partial charge in [0.15, 0.2) is 0 Å². The molecule has 1 saturated heterocycles. The lowest BCUT2D eigenvalue weighted by Gasteiger charge is -2.32. The summed E-state index contributed by atoms with van der Waals surface area (Å²) < 4.78 is 26.7. The first-order valence-corrected chi connectivity index (χ1v) is 9.26. The summed E-state index contributed by atoms with van der Waals surface area (Å²) in [5, 5.41) is 13.6. The van der Waals surface area contributed by atoms with Crippen molar-refractivity contribution in [2.45, 2.75) is 19.8 Å². The predicted octanol–water partition coefficient (Wildman–Crippen LogP) is 1.36. The number of carbonyl (C=O) groups is 1. The van der Waals surface area contributed by atoms with Gasteiger partial charge >= 0.3 is 0 Å². The van der Waals surface area contributed by atoms with E-state index in [-0.39, 0.29) is 30.6 Å². The molecule has 9 nitrogen and oxygen atoms in total. The van der Waals surface area contributed by atoms with Gasteiger partial charge in [-0.15, -0.1) is 0 Å². The molecule has 1 aromatic carbocycles. The molecule has 1 aromatic rings. The quantitative estimate of drug-likeness (QED) is 0.621. The molecular formula is C15H22N4O5S. The van der Waals surface area contributed by atoms with Crippen LogP contribution in [0.2, 0.25) is 0 Å². The van der Waals surface area contributed by atoms with Crippen LogP contribution in [-0.4, -0.2) is 55.0 Å². The van der Waals surface area contributed by atoms with E-state index in [9.17, 15) is 23.3 Å². The Bertz CT molecular complexity index is 770. The lowest BCUT2D eigenvalue weighted by Crippen LogP contribution is -2.46. The SMILES string of the molecule is Cc1ccc([N+](=O)[O-])cc1NC(=O)C1CCN(S(=O)(=O)N(C)C)CC1.